The van der Waals surface area contributed by atoms with Crippen LogP contribution in [0.25, 0.3) is 0 Å². The van der Waals surface area contributed by atoms with E-state index >= 15 is 0 Å². The first kappa shape index (κ1) is 13.3. The number of aliphatic hydroxyl groups is 1. The van der Waals surface area contributed by atoms with Crippen LogP contribution in [0.3, 0.4) is 0 Å². The second-order valence-electron chi connectivity index (χ2n) is 4.76. The summed E-state index contributed by atoms with van der Waals surface area (Å²) >= 11 is 3.16. The van der Waals surface area contributed by atoms with Gasteiger partial charge in [-0.3, -0.25) is 4.79 Å². The molecule has 0 aromatic heterocycles. The quantitative estimate of drug-likeness (QED) is 0.849. The molecule has 0 aliphatic carbocycles. The first-order valence-corrected chi connectivity index (χ1v) is 5.70. The lowest BCUT2D eigenvalue weighted by atomic mass is 9.84. The van der Waals surface area contributed by atoms with Gasteiger partial charge < -0.3 is 5.11 Å². The average molecular weight is 289 g/mol. The minimum Gasteiger partial charge on any atom is -0.384 e. The van der Waals surface area contributed by atoms with Gasteiger partial charge in [-0.15, -0.1) is 0 Å². The van der Waals surface area contributed by atoms with Gasteiger partial charge in [-0.1, -0.05) is 36.7 Å². The van der Waals surface area contributed by atoms with Gasteiger partial charge in [0.1, 0.15) is 11.9 Å². The largest absolute Gasteiger partial charge is 0.384 e. The number of ketones is 1. The van der Waals surface area contributed by atoms with Crippen LogP contribution in [0, 0.1) is 11.2 Å². The number of hydrogen-bond donors (Lipinski definition) is 1. The Labute approximate surface area is 103 Å². The highest BCUT2D eigenvalue weighted by molar-refractivity contribution is 9.10. The number of hydrogen-bond acceptors (Lipinski definition) is 2. The molecule has 0 saturated carbocycles. The molecule has 88 valence electrons. The third kappa shape index (κ3) is 2.89. The topological polar surface area (TPSA) is 37.3 Å². The van der Waals surface area contributed by atoms with Crippen LogP contribution in [0.2, 0.25) is 0 Å². The first-order valence-electron chi connectivity index (χ1n) is 4.91. The molecule has 1 atom stereocenters. The van der Waals surface area contributed by atoms with Gasteiger partial charge in [0.2, 0.25) is 0 Å². The second kappa shape index (κ2) is 4.63. The second-order valence-corrected chi connectivity index (χ2v) is 5.67. The van der Waals surface area contributed by atoms with Gasteiger partial charge in [-0.25, -0.2) is 4.39 Å². The van der Waals surface area contributed by atoms with Crippen molar-refractivity contribution in [2.75, 3.05) is 0 Å². The van der Waals surface area contributed by atoms with Crippen LogP contribution in [0.4, 0.5) is 4.39 Å². The zero-order valence-corrected chi connectivity index (χ0v) is 11.0. The van der Waals surface area contributed by atoms with E-state index < -0.39 is 23.1 Å². The molecule has 0 bridgehead atoms. The highest BCUT2D eigenvalue weighted by Crippen LogP contribution is 2.25. The molecular formula is C12H14BrFO2. The maximum Gasteiger partial charge on any atom is 0.194 e. The number of carbonyl (C=O) groups is 1. The molecule has 16 heavy (non-hydrogen) atoms. The van der Waals surface area contributed by atoms with Gasteiger partial charge in [0, 0.05) is 4.47 Å². The normalized spacial score (nSPS) is 13.6. The Balaban J connectivity index is 3.10. The maximum atomic E-state index is 13.4. The molecule has 0 radical (unpaired) electrons. The lowest BCUT2D eigenvalue weighted by Gasteiger charge is -2.24. The van der Waals surface area contributed by atoms with E-state index in [0.29, 0.717) is 4.47 Å². The molecule has 0 amide bonds. The Hall–Kier alpha value is -0.740. The van der Waals surface area contributed by atoms with Crippen molar-refractivity contribution >= 4 is 21.7 Å². The standard InChI is InChI=1S/C12H14BrFO2/c1-12(2,3)11(16)10(15)8-6-7(13)4-5-9(8)14/h4-6,11,16H,1-3H3. The van der Waals surface area contributed by atoms with Crippen molar-refractivity contribution in [2.45, 2.75) is 26.9 Å². The van der Waals surface area contributed by atoms with Gasteiger partial charge in [0.15, 0.2) is 5.78 Å². The van der Waals surface area contributed by atoms with E-state index in [1.165, 1.54) is 18.2 Å². The Morgan fingerprint density at radius 2 is 2.00 bits per heavy atom. The molecule has 0 aliphatic rings. The van der Waals surface area contributed by atoms with Crippen molar-refractivity contribution in [2.24, 2.45) is 5.41 Å². The molecule has 0 heterocycles. The fourth-order valence-corrected chi connectivity index (χ4v) is 1.59. The van der Waals surface area contributed by atoms with E-state index in [2.05, 4.69) is 15.9 Å². The predicted octanol–water partition coefficient (Wildman–Crippen LogP) is 3.18. The van der Waals surface area contributed by atoms with Crippen LogP contribution in [0.1, 0.15) is 31.1 Å². The zero-order valence-electron chi connectivity index (χ0n) is 9.42. The first-order chi connectivity index (χ1) is 7.23. The Morgan fingerprint density at radius 3 is 2.50 bits per heavy atom. The van der Waals surface area contributed by atoms with Crippen molar-refractivity contribution in [3.05, 3.63) is 34.1 Å². The van der Waals surface area contributed by atoms with E-state index in [9.17, 15) is 14.3 Å². The van der Waals surface area contributed by atoms with Crippen molar-refractivity contribution < 1.29 is 14.3 Å². The highest BCUT2D eigenvalue weighted by Gasteiger charge is 2.31. The molecule has 1 aromatic carbocycles. The minimum atomic E-state index is -1.21. The lowest BCUT2D eigenvalue weighted by molar-refractivity contribution is 0.0438. The molecule has 0 saturated heterocycles. The summed E-state index contributed by atoms with van der Waals surface area (Å²) in [6.45, 7) is 5.18. The van der Waals surface area contributed by atoms with Crippen LogP contribution < -0.4 is 0 Å². The van der Waals surface area contributed by atoms with Crippen molar-refractivity contribution in [1.82, 2.24) is 0 Å². The summed E-state index contributed by atoms with van der Waals surface area (Å²) in [5.41, 5.74) is -0.692. The molecule has 1 rings (SSSR count). The summed E-state index contributed by atoms with van der Waals surface area (Å²) in [5, 5.41) is 9.79. The number of carbonyl (C=O) groups excluding carboxylic acids is 1. The monoisotopic (exact) mass is 288 g/mol. The van der Waals surface area contributed by atoms with Crippen molar-refractivity contribution in [3.8, 4) is 0 Å². The van der Waals surface area contributed by atoms with Gasteiger partial charge in [-0.05, 0) is 23.6 Å². The van der Waals surface area contributed by atoms with E-state index in [4.69, 9.17) is 0 Å². The van der Waals surface area contributed by atoms with Crippen LogP contribution in [-0.2, 0) is 0 Å². The third-order valence-electron chi connectivity index (χ3n) is 2.26. The van der Waals surface area contributed by atoms with Gasteiger partial charge in [0.05, 0.1) is 5.56 Å². The molecule has 1 aromatic rings. The zero-order chi connectivity index (χ0) is 12.5. The SMILES string of the molecule is CC(C)(C)C(O)C(=O)c1cc(Br)ccc1F. The Kier molecular flexibility index (Phi) is 3.86. The van der Waals surface area contributed by atoms with E-state index in [0.717, 1.165) is 0 Å². The van der Waals surface area contributed by atoms with E-state index in [-0.39, 0.29) is 5.56 Å². The smallest absolute Gasteiger partial charge is 0.194 e. The van der Waals surface area contributed by atoms with E-state index in [1.54, 1.807) is 20.8 Å². The molecule has 1 N–H and O–H groups in total. The van der Waals surface area contributed by atoms with Gasteiger partial charge in [0.25, 0.3) is 0 Å². The molecule has 1 unspecified atom stereocenters. The van der Waals surface area contributed by atoms with Gasteiger partial charge in [-0.2, -0.15) is 0 Å². The number of benzene rings is 1. The summed E-state index contributed by atoms with van der Waals surface area (Å²) in [6.07, 6.45) is -1.21. The number of Topliss-reactive ketones (excluding diaryl/α,β-unsaturated/α-hetero) is 1. The Bertz CT molecular complexity index is 410. The van der Waals surface area contributed by atoms with Crippen LogP contribution in [0.15, 0.2) is 22.7 Å². The predicted molar refractivity (Wildman–Crippen MR) is 63.9 cm³/mol. The third-order valence-corrected chi connectivity index (χ3v) is 2.76. The fraction of sp³-hybridized carbons (Fsp3) is 0.417. The Morgan fingerprint density at radius 1 is 1.44 bits per heavy atom. The molecule has 4 heteroatoms. The number of halogens is 2. The molecule has 0 aliphatic heterocycles. The van der Waals surface area contributed by atoms with Crippen molar-refractivity contribution in [3.63, 3.8) is 0 Å². The molecule has 0 fully saturated rings. The summed E-state index contributed by atoms with van der Waals surface area (Å²) < 4.78 is 14.0. The minimum absolute atomic E-state index is 0.0863. The van der Waals surface area contributed by atoms with E-state index in [1.807, 2.05) is 0 Å². The summed E-state index contributed by atoms with van der Waals surface area (Å²) in [7, 11) is 0. The van der Waals surface area contributed by atoms with Crippen molar-refractivity contribution in [1.29, 1.82) is 0 Å². The fourth-order valence-electron chi connectivity index (χ4n) is 1.23. The highest BCUT2D eigenvalue weighted by atomic mass is 79.9. The number of aliphatic hydroxyl groups excluding tert-OH is 1. The maximum absolute atomic E-state index is 13.4. The van der Waals surface area contributed by atoms with Crippen LogP contribution in [0.5, 0.6) is 0 Å². The summed E-state index contributed by atoms with van der Waals surface area (Å²) in [6, 6.07) is 4.09. The van der Waals surface area contributed by atoms with Crippen LogP contribution >= 0.6 is 15.9 Å². The summed E-state index contributed by atoms with van der Waals surface area (Å²) in [5.74, 6) is -1.21. The lowest BCUT2D eigenvalue weighted by Crippen LogP contribution is -2.34. The number of rotatable bonds is 2. The molecular weight excluding hydrogens is 275 g/mol. The molecule has 0 spiro atoms. The molecule has 2 nitrogen and oxygen atoms in total. The summed E-state index contributed by atoms with van der Waals surface area (Å²) in [4.78, 5) is 11.9. The van der Waals surface area contributed by atoms with Crippen LogP contribution in [-0.4, -0.2) is 17.0 Å². The van der Waals surface area contributed by atoms with Gasteiger partial charge >= 0.3 is 0 Å². The average Bonchev–Trinajstić information content (AvgIpc) is 2.18.